The van der Waals surface area contributed by atoms with Crippen molar-refractivity contribution in [3.63, 3.8) is 0 Å². The Hall–Kier alpha value is -1.67. The van der Waals surface area contributed by atoms with E-state index >= 15 is 0 Å². The van der Waals surface area contributed by atoms with Gasteiger partial charge in [-0.2, -0.15) is 0 Å². The summed E-state index contributed by atoms with van der Waals surface area (Å²) in [5.41, 5.74) is 8.62. The lowest BCUT2D eigenvalue weighted by Crippen LogP contribution is -1.98. The van der Waals surface area contributed by atoms with E-state index in [-0.39, 0.29) is 0 Å². The van der Waals surface area contributed by atoms with Gasteiger partial charge in [-0.05, 0) is 24.6 Å². The third-order valence-corrected chi connectivity index (χ3v) is 2.89. The largest absolute Gasteiger partial charge is 0.493 e. The highest BCUT2D eigenvalue weighted by atomic mass is 35.5. The maximum absolute atomic E-state index is 6.01. The molecule has 0 atom stereocenters. The number of para-hydroxylation sites is 1. The van der Waals surface area contributed by atoms with Crippen molar-refractivity contribution >= 4 is 17.3 Å². The molecular weight excluding hydrogens is 246 g/mol. The summed E-state index contributed by atoms with van der Waals surface area (Å²) in [5, 5.41) is 0.642. The van der Waals surface area contributed by atoms with E-state index in [4.69, 9.17) is 22.1 Å². The monoisotopic (exact) mass is 261 g/mol. The van der Waals surface area contributed by atoms with Crippen LogP contribution in [0.1, 0.15) is 13.3 Å². The molecule has 2 nitrogen and oxygen atoms in total. The van der Waals surface area contributed by atoms with Crippen LogP contribution in [-0.4, -0.2) is 6.61 Å². The molecule has 0 bridgehead atoms. The van der Waals surface area contributed by atoms with Crippen molar-refractivity contribution < 1.29 is 4.74 Å². The van der Waals surface area contributed by atoms with Gasteiger partial charge in [-0.25, -0.2) is 0 Å². The Morgan fingerprint density at radius 2 is 1.89 bits per heavy atom. The molecule has 18 heavy (non-hydrogen) atoms. The normalized spacial score (nSPS) is 10.3. The molecule has 0 fully saturated rings. The molecule has 0 saturated heterocycles. The first-order valence-corrected chi connectivity index (χ1v) is 6.37. The molecule has 2 aromatic rings. The lowest BCUT2D eigenvalue weighted by atomic mass is 10.0. The van der Waals surface area contributed by atoms with E-state index < -0.39 is 0 Å². The Balaban J connectivity index is 2.43. The van der Waals surface area contributed by atoms with Gasteiger partial charge in [0.1, 0.15) is 5.75 Å². The third-order valence-electron chi connectivity index (χ3n) is 2.65. The first-order chi connectivity index (χ1) is 8.72. The Labute approximate surface area is 112 Å². The molecule has 0 spiro atoms. The minimum absolute atomic E-state index is 0.642. The standard InChI is InChI=1S/C15H16ClNO/c1-2-9-18-15-6-4-3-5-13(15)12-8-7-11(16)10-14(12)17/h3-8,10H,2,9,17H2,1H3. The number of benzene rings is 2. The molecule has 0 heterocycles. The van der Waals surface area contributed by atoms with Gasteiger partial charge < -0.3 is 10.5 Å². The second kappa shape index (κ2) is 5.78. The number of halogens is 1. The highest BCUT2D eigenvalue weighted by Gasteiger charge is 2.08. The van der Waals surface area contributed by atoms with Crippen LogP contribution in [-0.2, 0) is 0 Å². The average Bonchev–Trinajstić information content (AvgIpc) is 2.37. The lowest BCUT2D eigenvalue weighted by molar-refractivity contribution is 0.319. The molecule has 94 valence electrons. The van der Waals surface area contributed by atoms with Gasteiger partial charge in [0.05, 0.1) is 6.61 Å². The van der Waals surface area contributed by atoms with E-state index in [1.807, 2.05) is 36.4 Å². The number of hydrogen-bond acceptors (Lipinski definition) is 2. The molecular formula is C15H16ClNO. The average molecular weight is 262 g/mol. The van der Waals surface area contributed by atoms with E-state index in [2.05, 4.69) is 6.92 Å². The number of hydrogen-bond donors (Lipinski definition) is 1. The molecule has 2 aromatic carbocycles. The SMILES string of the molecule is CCCOc1ccccc1-c1ccc(Cl)cc1N. The third kappa shape index (κ3) is 2.77. The number of nitrogen functional groups attached to an aromatic ring is 1. The van der Waals surface area contributed by atoms with Crippen molar-refractivity contribution in [1.82, 2.24) is 0 Å². The highest BCUT2D eigenvalue weighted by molar-refractivity contribution is 6.31. The first kappa shape index (κ1) is 12.8. The predicted octanol–water partition coefficient (Wildman–Crippen LogP) is 4.38. The first-order valence-electron chi connectivity index (χ1n) is 5.99. The van der Waals surface area contributed by atoms with Crippen molar-refractivity contribution in [3.8, 4) is 16.9 Å². The van der Waals surface area contributed by atoms with Crippen molar-refractivity contribution in [1.29, 1.82) is 0 Å². The Bertz CT molecular complexity index is 540. The quantitative estimate of drug-likeness (QED) is 0.829. The molecule has 0 aliphatic rings. The molecule has 0 amide bonds. The Morgan fingerprint density at radius 1 is 1.11 bits per heavy atom. The molecule has 0 aromatic heterocycles. The number of rotatable bonds is 4. The lowest BCUT2D eigenvalue weighted by Gasteiger charge is -2.12. The minimum atomic E-state index is 0.642. The fourth-order valence-electron chi connectivity index (χ4n) is 1.81. The van der Waals surface area contributed by atoms with Gasteiger partial charge >= 0.3 is 0 Å². The predicted molar refractivity (Wildman–Crippen MR) is 77.1 cm³/mol. The van der Waals surface area contributed by atoms with Crippen molar-refractivity contribution in [3.05, 3.63) is 47.5 Å². The molecule has 3 heteroatoms. The summed E-state index contributed by atoms with van der Waals surface area (Å²) in [6.45, 7) is 2.78. The summed E-state index contributed by atoms with van der Waals surface area (Å²) in [4.78, 5) is 0. The molecule has 0 saturated carbocycles. The van der Waals surface area contributed by atoms with Crippen LogP contribution >= 0.6 is 11.6 Å². The molecule has 2 N–H and O–H groups in total. The summed E-state index contributed by atoms with van der Waals surface area (Å²) < 4.78 is 5.74. The number of nitrogens with two attached hydrogens (primary N) is 1. The van der Waals surface area contributed by atoms with Crippen LogP contribution in [0.4, 0.5) is 5.69 Å². The smallest absolute Gasteiger partial charge is 0.127 e. The molecule has 0 aliphatic heterocycles. The van der Waals surface area contributed by atoms with Crippen LogP contribution < -0.4 is 10.5 Å². The summed E-state index contributed by atoms with van der Waals surface area (Å²) in [5.74, 6) is 0.855. The minimum Gasteiger partial charge on any atom is -0.493 e. The second-order valence-corrected chi connectivity index (χ2v) is 4.51. The van der Waals surface area contributed by atoms with E-state index in [1.54, 1.807) is 6.07 Å². The van der Waals surface area contributed by atoms with Crippen molar-refractivity contribution in [2.45, 2.75) is 13.3 Å². The fourth-order valence-corrected chi connectivity index (χ4v) is 1.99. The van der Waals surface area contributed by atoms with Gasteiger partial charge in [-0.3, -0.25) is 0 Å². The second-order valence-electron chi connectivity index (χ2n) is 4.08. The summed E-state index contributed by atoms with van der Waals surface area (Å²) in [6, 6.07) is 13.4. The van der Waals surface area contributed by atoms with Gasteiger partial charge in [0.2, 0.25) is 0 Å². The summed E-state index contributed by atoms with van der Waals surface area (Å²) in [6.07, 6.45) is 0.977. The van der Waals surface area contributed by atoms with Crippen LogP contribution in [0.5, 0.6) is 5.75 Å². The van der Waals surface area contributed by atoms with Crippen LogP contribution in [0.25, 0.3) is 11.1 Å². The zero-order valence-electron chi connectivity index (χ0n) is 10.3. The van der Waals surface area contributed by atoms with Crippen molar-refractivity contribution in [2.75, 3.05) is 12.3 Å². The van der Waals surface area contributed by atoms with Crippen LogP contribution in [0.2, 0.25) is 5.02 Å². The van der Waals surface area contributed by atoms with Crippen LogP contribution in [0, 0.1) is 0 Å². The van der Waals surface area contributed by atoms with Crippen LogP contribution in [0.3, 0.4) is 0 Å². The fraction of sp³-hybridized carbons (Fsp3) is 0.200. The van der Waals surface area contributed by atoms with Gasteiger partial charge in [0, 0.05) is 21.8 Å². The maximum atomic E-state index is 6.01. The zero-order chi connectivity index (χ0) is 13.0. The van der Waals surface area contributed by atoms with E-state index in [1.165, 1.54) is 0 Å². The zero-order valence-corrected chi connectivity index (χ0v) is 11.1. The maximum Gasteiger partial charge on any atom is 0.127 e. The molecule has 0 aliphatic carbocycles. The van der Waals surface area contributed by atoms with Gasteiger partial charge in [0.15, 0.2) is 0 Å². The highest BCUT2D eigenvalue weighted by Crippen LogP contribution is 2.34. The Morgan fingerprint density at radius 3 is 2.61 bits per heavy atom. The molecule has 2 rings (SSSR count). The van der Waals surface area contributed by atoms with Gasteiger partial charge in [0.25, 0.3) is 0 Å². The Kier molecular flexibility index (Phi) is 4.11. The van der Waals surface area contributed by atoms with Crippen molar-refractivity contribution in [2.24, 2.45) is 0 Å². The van der Waals surface area contributed by atoms with E-state index in [0.29, 0.717) is 17.3 Å². The van der Waals surface area contributed by atoms with E-state index in [9.17, 15) is 0 Å². The van der Waals surface area contributed by atoms with Gasteiger partial charge in [-0.15, -0.1) is 0 Å². The molecule has 0 unspecified atom stereocenters. The number of ether oxygens (including phenoxy) is 1. The van der Waals surface area contributed by atoms with Gasteiger partial charge in [-0.1, -0.05) is 42.8 Å². The summed E-state index contributed by atoms with van der Waals surface area (Å²) >= 11 is 5.92. The number of anilines is 1. The summed E-state index contributed by atoms with van der Waals surface area (Å²) in [7, 11) is 0. The van der Waals surface area contributed by atoms with Crippen LogP contribution in [0.15, 0.2) is 42.5 Å². The topological polar surface area (TPSA) is 35.2 Å². The van der Waals surface area contributed by atoms with E-state index in [0.717, 1.165) is 23.3 Å². The molecule has 0 radical (unpaired) electrons.